The normalized spacial score (nSPS) is 11.5. The summed E-state index contributed by atoms with van der Waals surface area (Å²) in [4.78, 5) is 0. The van der Waals surface area contributed by atoms with Crippen molar-refractivity contribution < 1.29 is 9.47 Å². The second-order valence-corrected chi connectivity index (χ2v) is 7.56. The molecule has 0 fully saturated rings. The van der Waals surface area contributed by atoms with Gasteiger partial charge >= 0.3 is 0 Å². The van der Waals surface area contributed by atoms with Crippen LogP contribution >= 0.6 is 35.6 Å². The van der Waals surface area contributed by atoms with Gasteiger partial charge in [-0.25, -0.2) is 0 Å². The summed E-state index contributed by atoms with van der Waals surface area (Å²) in [5.41, 5.74) is 3.15. The molecule has 1 N–H and O–H groups in total. The fraction of sp³-hybridized carbons (Fsp3) is 0.250. The van der Waals surface area contributed by atoms with Crippen molar-refractivity contribution in [1.82, 2.24) is 5.32 Å². The lowest BCUT2D eigenvalue weighted by atomic mass is 10.1. The predicted octanol–water partition coefficient (Wildman–Crippen LogP) is 7.24. The van der Waals surface area contributed by atoms with Gasteiger partial charge in [0, 0.05) is 33.8 Å². The highest BCUT2D eigenvalue weighted by atomic mass is 35.5. The molecule has 0 saturated carbocycles. The molecule has 0 aliphatic rings. The van der Waals surface area contributed by atoms with Gasteiger partial charge in [-0.3, -0.25) is 0 Å². The Hall–Kier alpha value is -1.91. The zero-order chi connectivity index (χ0) is 20.6. The molecule has 0 radical (unpaired) electrons. The van der Waals surface area contributed by atoms with E-state index in [9.17, 15) is 0 Å². The molecular weight excluding hydrogens is 441 g/mol. The number of hydrogen-bond donors (Lipinski definition) is 1. The van der Waals surface area contributed by atoms with E-state index in [-0.39, 0.29) is 18.4 Å². The Balaban J connectivity index is 0.00000320. The first kappa shape index (κ1) is 24.4. The Morgan fingerprint density at radius 3 is 2.37 bits per heavy atom. The monoisotopic (exact) mass is 465 g/mol. The van der Waals surface area contributed by atoms with Gasteiger partial charge in [-0.15, -0.1) is 12.4 Å². The van der Waals surface area contributed by atoms with E-state index in [0.717, 1.165) is 22.6 Å². The molecule has 6 heteroatoms. The van der Waals surface area contributed by atoms with E-state index >= 15 is 0 Å². The summed E-state index contributed by atoms with van der Waals surface area (Å²) in [6.07, 6.45) is 0. The van der Waals surface area contributed by atoms with E-state index in [1.807, 2.05) is 55.5 Å². The van der Waals surface area contributed by atoms with Crippen molar-refractivity contribution >= 4 is 35.6 Å². The number of ether oxygens (including phenoxy) is 2. The Labute approximate surface area is 194 Å². The summed E-state index contributed by atoms with van der Waals surface area (Å²) in [5.74, 6) is 1.46. The fourth-order valence-electron chi connectivity index (χ4n) is 3.04. The lowest BCUT2D eigenvalue weighted by Gasteiger charge is -2.19. The number of nitrogens with one attached hydrogen (secondary N) is 1. The lowest BCUT2D eigenvalue weighted by molar-refractivity contribution is 0.266. The molecule has 0 aliphatic heterocycles. The number of hydrogen-bond acceptors (Lipinski definition) is 3. The van der Waals surface area contributed by atoms with Crippen LogP contribution in [0.15, 0.2) is 66.7 Å². The quantitative estimate of drug-likeness (QED) is 0.360. The third-order valence-electron chi connectivity index (χ3n) is 4.65. The molecular formula is C24H26Cl3NO2. The maximum Gasteiger partial charge on any atom is 0.166 e. The van der Waals surface area contributed by atoms with E-state index in [2.05, 4.69) is 24.4 Å². The van der Waals surface area contributed by atoms with E-state index in [0.29, 0.717) is 29.8 Å². The number of rotatable bonds is 9. The Kier molecular flexibility index (Phi) is 9.80. The molecule has 3 nitrogen and oxygen atoms in total. The molecule has 1 atom stereocenters. The van der Waals surface area contributed by atoms with Crippen LogP contribution in [0, 0.1) is 0 Å². The molecule has 3 rings (SSSR count). The molecule has 30 heavy (non-hydrogen) atoms. The molecule has 1 unspecified atom stereocenters. The standard InChI is InChI=1S/C24H25Cl2NO2.ClH/c1-3-28-23-11-7-10-19(15-27-17(2)18-8-5-4-6-9-18)24(23)29-16-20-12-13-21(25)14-22(20)26;/h4-14,17,27H,3,15-16H2,1-2H3;1H. The molecule has 0 aromatic heterocycles. The maximum atomic E-state index is 6.30. The van der Waals surface area contributed by atoms with Crippen LogP contribution in [0.25, 0.3) is 0 Å². The number of para-hydroxylation sites is 1. The van der Waals surface area contributed by atoms with Crippen LogP contribution in [0.4, 0.5) is 0 Å². The molecule has 3 aromatic rings. The van der Waals surface area contributed by atoms with E-state index in [4.69, 9.17) is 32.7 Å². The van der Waals surface area contributed by atoms with Crippen molar-refractivity contribution in [3.05, 3.63) is 93.5 Å². The third-order valence-corrected chi connectivity index (χ3v) is 5.23. The van der Waals surface area contributed by atoms with Gasteiger partial charge in [0.2, 0.25) is 0 Å². The molecule has 0 spiro atoms. The fourth-order valence-corrected chi connectivity index (χ4v) is 3.51. The Morgan fingerprint density at radius 1 is 0.900 bits per heavy atom. The average Bonchev–Trinajstić information content (AvgIpc) is 2.73. The van der Waals surface area contributed by atoms with Crippen molar-refractivity contribution in [3.63, 3.8) is 0 Å². The zero-order valence-corrected chi connectivity index (χ0v) is 19.4. The molecule has 0 aliphatic carbocycles. The van der Waals surface area contributed by atoms with Crippen molar-refractivity contribution in [1.29, 1.82) is 0 Å². The average molecular weight is 467 g/mol. The van der Waals surface area contributed by atoms with Gasteiger partial charge in [0.25, 0.3) is 0 Å². The van der Waals surface area contributed by atoms with E-state index in [1.165, 1.54) is 5.56 Å². The summed E-state index contributed by atoms with van der Waals surface area (Å²) in [6, 6.07) is 21.9. The lowest BCUT2D eigenvalue weighted by Crippen LogP contribution is -2.18. The number of halogens is 3. The molecule has 0 heterocycles. The first-order valence-corrected chi connectivity index (χ1v) is 10.4. The van der Waals surface area contributed by atoms with E-state index in [1.54, 1.807) is 6.07 Å². The Bertz CT molecular complexity index is 935. The van der Waals surface area contributed by atoms with Gasteiger partial charge in [0.05, 0.1) is 6.61 Å². The second kappa shape index (κ2) is 12.1. The first-order valence-electron chi connectivity index (χ1n) is 9.68. The SMILES string of the molecule is CCOc1cccc(CNC(C)c2ccccc2)c1OCc1ccc(Cl)cc1Cl.Cl. The van der Waals surface area contributed by atoms with Gasteiger partial charge in [-0.1, -0.05) is 71.7 Å². The van der Waals surface area contributed by atoms with Gasteiger partial charge in [0.1, 0.15) is 6.61 Å². The Morgan fingerprint density at radius 2 is 1.67 bits per heavy atom. The van der Waals surface area contributed by atoms with Crippen LogP contribution in [0.3, 0.4) is 0 Å². The highest BCUT2D eigenvalue weighted by Crippen LogP contribution is 2.33. The van der Waals surface area contributed by atoms with Crippen molar-refractivity contribution in [3.8, 4) is 11.5 Å². The minimum atomic E-state index is 0. The van der Waals surface area contributed by atoms with Crippen LogP contribution < -0.4 is 14.8 Å². The van der Waals surface area contributed by atoms with Gasteiger partial charge in [0.15, 0.2) is 11.5 Å². The summed E-state index contributed by atoms with van der Waals surface area (Å²) >= 11 is 12.3. The van der Waals surface area contributed by atoms with Crippen LogP contribution in [0.1, 0.15) is 36.6 Å². The zero-order valence-electron chi connectivity index (χ0n) is 17.0. The van der Waals surface area contributed by atoms with Gasteiger partial charge in [-0.05, 0) is 37.6 Å². The summed E-state index contributed by atoms with van der Waals surface area (Å²) < 4.78 is 12.0. The highest BCUT2D eigenvalue weighted by Gasteiger charge is 2.14. The molecule has 160 valence electrons. The highest BCUT2D eigenvalue weighted by molar-refractivity contribution is 6.35. The minimum Gasteiger partial charge on any atom is -0.490 e. The van der Waals surface area contributed by atoms with Crippen LogP contribution in [0.2, 0.25) is 10.0 Å². The molecule has 0 amide bonds. The summed E-state index contributed by atoms with van der Waals surface area (Å²) in [6.45, 7) is 5.66. The smallest absolute Gasteiger partial charge is 0.166 e. The van der Waals surface area contributed by atoms with Crippen LogP contribution in [-0.2, 0) is 13.2 Å². The van der Waals surface area contributed by atoms with Crippen molar-refractivity contribution in [2.24, 2.45) is 0 Å². The van der Waals surface area contributed by atoms with Crippen molar-refractivity contribution in [2.75, 3.05) is 6.61 Å². The van der Waals surface area contributed by atoms with Crippen LogP contribution in [-0.4, -0.2) is 6.61 Å². The topological polar surface area (TPSA) is 30.5 Å². The largest absolute Gasteiger partial charge is 0.490 e. The second-order valence-electron chi connectivity index (χ2n) is 6.72. The number of benzene rings is 3. The van der Waals surface area contributed by atoms with Crippen LogP contribution in [0.5, 0.6) is 11.5 Å². The molecule has 0 saturated heterocycles. The van der Waals surface area contributed by atoms with Crippen molar-refractivity contribution in [2.45, 2.75) is 33.0 Å². The summed E-state index contributed by atoms with van der Waals surface area (Å²) in [7, 11) is 0. The maximum absolute atomic E-state index is 6.30. The first-order chi connectivity index (χ1) is 14.1. The molecule has 3 aromatic carbocycles. The van der Waals surface area contributed by atoms with E-state index < -0.39 is 0 Å². The van der Waals surface area contributed by atoms with Gasteiger partial charge in [-0.2, -0.15) is 0 Å². The molecule has 0 bridgehead atoms. The predicted molar refractivity (Wildman–Crippen MR) is 127 cm³/mol. The minimum absolute atomic E-state index is 0. The third kappa shape index (κ3) is 6.55. The van der Waals surface area contributed by atoms with Gasteiger partial charge < -0.3 is 14.8 Å². The summed E-state index contributed by atoms with van der Waals surface area (Å²) in [5, 5.41) is 4.75.